The Morgan fingerprint density at radius 3 is 3.13 bits per heavy atom. The highest BCUT2D eigenvalue weighted by Gasteiger charge is 2.19. The van der Waals surface area contributed by atoms with Crippen LogP contribution in [0.2, 0.25) is 5.02 Å². The van der Waals surface area contributed by atoms with E-state index in [1.54, 1.807) is 12.4 Å². The Morgan fingerprint density at radius 1 is 1.57 bits per heavy atom. The molecule has 0 spiro atoms. The number of H-pyrrole nitrogens is 1. The normalized spacial score (nSPS) is 15.9. The van der Waals surface area contributed by atoms with Crippen LogP contribution in [-0.2, 0) is 24.3 Å². The topological polar surface area (TPSA) is 78.5 Å². The summed E-state index contributed by atoms with van der Waals surface area (Å²) < 4.78 is 5.33. The molecule has 0 aliphatic carbocycles. The van der Waals surface area contributed by atoms with Crippen molar-refractivity contribution in [2.24, 2.45) is 0 Å². The average molecular weight is 336 g/mol. The van der Waals surface area contributed by atoms with Gasteiger partial charge < -0.3 is 14.8 Å². The average Bonchev–Trinajstić information content (AvgIpc) is 2.97. The molecule has 0 bridgehead atoms. The molecule has 1 aromatic carbocycles. The second-order valence-corrected chi connectivity index (χ2v) is 6.06. The molecule has 2 N–H and O–H groups in total. The standard InChI is InChI=1S/C16H18ClN3O3/c1-10(16(21)22)23-15-3-2-11(6-12(15)17)7-20-5-4-13-14(8-20)19-9-18-13/h2-3,6,9-10H,4-5,7-8H2,1H3,(H,18,19)(H,21,22)/t10-/m1/s1. The molecular weight excluding hydrogens is 318 g/mol. The van der Waals surface area contributed by atoms with E-state index in [1.165, 1.54) is 6.92 Å². The van der Waals surface area contributed by atoms with Crippen LogP contribution in [0.4, 0.5) is 0 Å². The molecule has 2 heterocycles. The number of ether oxygens (including phenoxy) is 1. The fourth-order valence-electron chi connectivity index (χ4n) is 2.64. The SMILES string of the molecule is C[C@@H](Oc1ccc(CN2CCc3nc[nH]c3C2)cc1Cl)C(=O)O. The number of aromatic nitrogens is 2. The van der Waals surface area contributed by atoms with Crippen molar-refractivity contribution >= 4 is 17.6 Å². The number of nitrogens with one attached hydrogen (secondary N) is 1. The van der Waals surface area contributed by atoms with Crippen LogP contribution in [0.1, 0.15) is 23.9 Å². The second-order valence-electron chi connectivity index (χ2n) is 5.65. The van der Waals surface area contributed by atoms with Gasteiger partial charge in [-0.1, -0.05) is 17.7 Å². The number of benzene rings is 1. The first kappa shape index (κ1) is 15.8. The highest BCUT2D eigenvalue weighted by atomic mass is 35.5. The Morgan fingerprint density at radius 2 is 2.39 bits per heavy atom. The summed E-state index contributed by atoms with van der Waals surface area (Å²) in [6.45, 7) is 4.03. The van der Waals surface area contributed by atoms with Crippen molar-refractivity contribution in [2.75, 3.05) is 6.54 Å². The van der Waals surface area contributed by atoms with Crippen molar-refractivity contribution in [3.8, 4) is 5.75 Å². The number of imidazole rings is 1. The third-order valence-corrected chi connectivity index (χ3v) is 4.20. The van der Waals surface area contributed by atoms with Crippen molar-refractivity contribution in [3.05, 3.63) is 46.5 Å². The van der Waals surface area contributed by atoms with E-state index in [9.17, 15) is 4.79 Å². The molecule has 3 rings (SSSR count). The third-order valence-electron chi connectivity index (χ3n) is 3.91. The third kappa shape index (κ3) is 3.65. The van der Waals surface area contributed by atoms with E-state index in [0.717, 1.165) is 43.0 Å². The maximum Gasteiger partial charge on any atom is 0.344 e. The molecule has 1 aromatic heterocycles. The predicted octanol–water partition coefficient (Wildman–Crippen LogP) is 2.47. The molecule has 0 unspecified atom stereocenters. The Bertz CT molecular complexity index is 716. The molecule has 0 fully saturated rings. The lowest BCUT2D eigenvalue weighted by Gasteiger charge is -2.26. The van der Waals surface area contributed by atoms with Gasteiger partial charge in [-0.15, -0.1) is 0 Å². The van der Waals surface area contributed by atoms with Crippen LogP contribution in [-0.4, -0.2) is 38.6 Å². The number of rotatable bonds is 5. The molecule has 1 atom stereocenters. The Balaban J connectivity index is 1.65. The van der Waals surface area contributed by atoms with Gasteiger partial charge in [0.25, 0.3) is 0 Å². The zero-order valence-electron chi connectivity index (χ0n) is 12.8. The number of aromatic amines is 1. The van der Waals surface area contributed by atoms with Crippen molar-refractivity contribution < 1.29 is 14.6 Å². The number of carboxylic acid groups (broad SMARTS) is 1. The Kier molecular flexibility index (Phi) is 4.54. The van der Waals surface area contributed by atoms with Crippen molar-refractivity contribution in [1.82, 2.24) is 14.9 Å². The Labute approximate surface area is 139 Å². The maximum atomic E-state index is 10.8. The summed E-state index contributed by atoms with van der Waals surface area (Å²) in [6, 6.07) is 5.47. The van der Waals surface area contributed by atoms with Crippen LogP contribution in [0.5, 0.6) is 5.75 Å². The molecule has 6 nitrogen and oxygen atoms in total. The van der Waals surface area contributed by atoms with Gasteiger partial charge in [0.2, 0.25) is 0 Å². The summed E-state index contributed by atoms with van der Waals surface area (Å²) in [5.41, 5.74) is 3.37. The van der Waals surface area contributed by atoms with E-state index in [1.807, 2.05) is 12.1 Å². The summed E-state index contributed by atoms with van der Waals surface area (Å²) >= 11 is 6.21. The van der Waals surface area contributed by atoms with E-state index in [-0.39, 0.29) is 0 Å². The van der Waals surface area contributed by atoms with Gasteiger partial charge in [0, 0.05) is 26.1 Å². The first-order chi connectivity index (χ1) is 11.0. The minimum atomic E-state index is -1.02. The van der Waals surface area contributed by atoms with Gasteiger partial charge in [-0.25, -0.2) is 9.78 Å². The number of nitrogens with zero attached hydrogens (tertiary/aromatic N) is 2. The molecule has 0 radical (unpaired) electrons. The highest BCUT2D eigenvalue weighted by Crippen LogP contribution is 2.27. The van der Waals surface area contributed by atoms with Gasteiger partial charge in [0.1, 0.15) is 5.75 Å². The molecule has 2 aromatic rings. The van der Waals surface area contributed by atoms with Crippen molar-refractivity contribution in [3.63, 3.8) is 0 Å². The van der Waals surface area contributed by atoms with Crippen LogP contribution in [0.15, 0.2) is 24.5 Å². The van der Waals surface area contributed by atoms with Crippen molar-refractivity contribution in [1.29, 1.82) is 0 Å². The van der Waals surface area contributed by atoms with E-state index >= 15 is 0 Å². The fourth-order valence-corrected chi connectivity index (χ4v) is 2.89. The maximum absolute atomic E-state index is 10.8. The number of fused-ring (bicyclic) bond motifs is 1. The number of hydrogen-bond donors (Lipinski definition) is 2. The molecule has 7 heteroatoms. The van der Waals surface area contributed by atoms with E-state index in [4.69, 9.17) is 21.4 Å². The molecule has 0 saturated carbocycles. The van der Waals surface area contributed by atoms with Gasteiger partial charge in [0.05, 0.1) is 22.7 Å². The van der Waals surface area contributed by atoms with Gasteiger partial charge in [0.15, 0.2) is 6.10 Å². The van der Waals surface area contributed by atoms with Crippen LogP contribution < -0.4 is 4.74 Å². The molecule has 122 valence electrons. The summed E-state index contributed by atoms with van der Waals surface area (Å²) in [5.74, 6) is -0.631. The number of hydrogen-bond acceptors (Lipinski definition) is 4. The zero-order chi connectivity index (χ0) is 16.4. The van der Waals surface area contributed by atoms with E-state index in [0.29, 0.717) is 10.8 Å². The quantitative estimate of drug-likeness (QED) is 0.877. The van der Waals surface area contributed by atoms with Gasteiger partial charge >= 0.3 is 5.97 Å². The molecule has 0 saturated heterocycles. The molecule has 1 aliphatic heterocycles. The summed E-state index contributed by atoms with van der Waals surface area (Å²) in [4.78, 5) is 20.6. The first-order valence-electron chi connectivity index (χ1n) is 7.44. The van der Waals surface area contributed by atoms with Crippen LogP contribution in [0.25, 0.3) is 0 Å². The second kappa shape index (κ2) is 6.60. The molecular formula is C16H18ClN3O3. The first-order valence-corrected chi connectivity index (χ1v) is 7.82. The van der Waals surface area contributed by atoms with Gasteiger partial charge in [-0.05, 0) is 24.6 Å². The molecule has 1 aliphatic rings. The monoisotopic (exact) mass is 335 g/mol. The Hall–Kier alpha value is -2.05. The number of carboxylic acids is 1. The highest BCUT2D eigenvalue weighted by molar-refractivity contribution is 6.32. The lowest BCUT2D eigenvalue weighted by molar-refractivity contribution is -0.144. The largest absolute Gasteiger partial charge is 0.479 e. The van der Waals surface area contributed by atoms with Crippen molar-refractivity contribution in [2.45, 2.75) is 32.5 Å². The smallest absolute Gasteiger partial charge is 0.344 e. The van der Waals surface area contributed by atoms with E-state index in [2.05, 4.69) is 14.9 Å². The summed E-state index contributed by atoms with van der Waals surface area (Å²) in [6.07, 6.45) is 1.74. The van der Waals surface area contributed by atoms with Crippen LogP contribution in [0.3, 0.4) is 0 Å². The van der Waals surface area contributed by atoms with Gasteiger partial charge in [-0.2, -0.15) is 0 Å². The molecule has 0 amide bonds. The lowest BCUT2D eigenvalue weighted by Crippen LogP contribution is -2.30. The summed E-state index contributed by atoms with van der Waals surface area (Å²) in [7, 11) is 0. The van der Waals surface area contributed by atoms with Crippen LogP contribution in [0, 0.1) is 0 Å². The zero-order valence-corrected chi connectivity index (χ0v) is 13.5. The van der Waals surface area contributed by atoms with Gasteiger partial charge in [-0.3, -0.25) is 4.90 Å². The number of carbonyl (C=O) groups is 1. The number of halogens is 1. The summed E-state index contributed by atoms with van der Waals surface area (Å²) in [5, 5.41) is 9.31. The fraction of sp³-hybridized carbons (Fsp3) is 0.375. The van der Waals surface area contributed by atoms with E-state index < -0.39 is 12.1 Å². The lowest BCUT2D eigenvalue weighted by atomic mass is 10.1. The minimum absolute atomic E-state index is 0.389. The number of aliphatic carboxylic acids is 1. The minimum Gasteiger partial charge on any atom is -0.479 e. The molecule has 23 heavy (non-hydrogen) atoms. The predicted molar refractivity (Wildman–Crippen MR) is 85.6 cm³/mol. The van der Waals surface area contributed by atoms with Crippen LogP contribution >= 0.6 is 11.6 Å².